The summed E-state index contributed by atoms with van der Waals surface area (Å²) >= 11 is 0.225. The zero-order valence-corrected chi connectivity index (χ0v) is 14.5. The van der Waals surface area contributed by atoms with E-state index in [1.807, 2.05) is 0 Å². The number of rotatable bonds is 4. The molecule has 0 radical (unpaired) electrons. The Morgan fingerprint density at radius 1 is 0.647 bits per heavy atom. The van der Waals surface area contributed by atoms with Gasteiger partial charge in [-0.2, -0.15) is 0 Å². The summed E-state index contributed by atoms with van der Waals surface area (Å²) in [6.07, 6.45) is 1.06. The van der Waals surface area contributed by atoms with Gasteiger partial charge in [-0.1, -0.05) is 0 Å². The molecule has 0 nitrogen and oxygen atoms in total. The van der Waals surface area contributed by atoms with Crippen molar-refractivity contribution in [3.05, 3.63) is 59.7 Å². The molecule has 88 valence electrons. The van der Waals surface area contributed by atoms with Crippen molar-refractivity contribution in [2.45, 2.75) is 17.8 Å². The first-order valence-corrected chi connectivity index (χ1v) is 12.1. The van der Waals surface area contributed by atoms with E-state index in [1.54, 1.807) is 8.70 Å². The van der Waals surface area contributed by atoms with Crippen LogP contribution >= 0.6 is 0 Å². The third-order valence-electron chi connectivity index (χ3n) is 2.89. The fourth-order valence-corrected chi connectivity index (χ4v) is 3.91. The van der Waals surface area contributed by atoms with Gasteiger partial charge in [0, 0.05) is 0 Å². The molecule has 0 N–H and O–H groups in total. The molecule has 0 bridgehead atoms. The van der Waals surface area contributed by atoms with E-state index in [2.05, 4.69) is 60.0 Å². The summed E-state index contributed by atoms with van der Waals surface area (Å²) in [5.74, 6) is 0. The summed E-state index contributed by atoms with van der Waals surface area (Å²) < 4.78 is 3.08. The molecule has 2 unspecified atom stereocenters. The van der Waals surface area contributed by atoms with Crippen molar-refractivity contribution < 1.29 is 0 Å². The van der Waals surface area contributed by atoms with E-state index >= 15 is 0 Å². The van der Waals surface area contributed by atoms with Gasteiger partial charge in [-0.15, -0.1) is 0 Å². The molecule has 0 saturated carbocycles. The van der Waals surface area contributed by atoms with Crippen LogP contribution in [0, 0.1) is 0 Å². The predicted octanol–water partition coefficient (Wildman–Crippen LogP) is 1.50. The Morgan fingerprint density at radius 2 is 1.00 bits per heavy atom. The van der Waals surface area contributed by atoms with E-state index in [1.165, 1.54) is 11.1 Å². The minimum absolute atomic E-state index is 0.112. The average Bonchev–Trinajstić information content (AvgIpc) is 2.40. The number of hydrogen-bond acceptors (Lipinski definition) is 0. The molecule has 2 aromatic carbocycles. The molecule has 0 saturated heterocycles. The summed E-state index contributed by atoms with van der Waals surface area (Å²) in [6, 6.07) is 18.3. The fraction of sp³-hybridized carbons (Fsp3) is 0.200. The Bertz CT molecular complexity index is 412. The molecule has 2 atom stereocenters. The van der Waals surface area contributed by atoms with E-state index in [0.29, 0.717) is 0 Å². The Morgan fingerprint density at radius 3 is 1.29 bits per heavy atom. The maximum atomic E-state index is 2.32. The van der Waals surface area contributed by atoms with Crippen molar-refractivity contribution in [3.8, 4) is 0 Å². The number of benzene rings is 2. The zero-order chi connectivity index (χ0) is 12.1. The third-order valence-corrected chi connectivity index (χ3v) is 6.71. The second kappa shape index (κ2) is 6.48. The summed E-state index contributed by atoms with van der Waals surface area (Å²) in [6.45, 7) is 0. The maximum absolute atomic E-state index is 2.32. The normalized spacial score (nSPS) is 11.9. The van der Waals surface area contributed by atoms with Gasteiger partial charge in [0.05, 0.1) is 0 Å². The molecular formula is C15H18As2. The van der Waals surface area contributed by atoms with Gasteiger partial charge in [-0.3, -0.25) is 0 Å². The second-order valence-corrected chi connectivity index (χ2v) is 8.59. The van der Waals surface area contributed by atoms with Crippen LogP contribution in [0.25, 0.3) is 0 Å². The monoisotopic (exact) mass is 348 g/mol. The topological polar surface area (TPSA) is 0 Å². The summed E-state index contributed by atoms with van der Waals surface area (Å²) in [4.78, 5) is 0. The van der Waals surface area contributed by atoms with Crippen LogP contribution < -0.4 is 8.70 Å². The van der Waals surface area contributed by atoms with Gasteiger partial charge in [0.1, 0.15) is 0 Å². The van der Waals surface area contributed by atoms with Crippen LogP contribution in [0.2, 0.25) is 11.4 Å². The molecule has 0 aromatic heterocycles. The minimum atomic E-state index is 0.112. The quantitative estimate of drug-likeness (QED) is 0.735. The molecular weight excluding hydrogens is 330 g/mol. The second-order valence-electron chi connectivity index (χ2n) is 4.07. The molecule has 0 aliphatic heterocycles. The van der Waals surface area contributed by atoms with E-state index < -0.39 is 0 Å². The first-order valence-electron chi connectivity index (χ1n) is 5.85. The first-order chi connectivity index (χ1) is 8.31. The standard InChI is InChI=1S/C15H18As2/c1-16-14-7-3-12(4-8-14)11-13-5-9-15(17-2)10-6-13/h3-10,16-17H,11H2,1-2H3. The first kappa shape index (κ1) is 13.0. The molecule has 0 heterocycles. The molecule has 0 spiro atoms. The molecule has 0 fully saturated rings. The Hall–Kier alpha value is -0.443. The van der Waals surface area contributed by atoms with Crippen LogP contribution in [0.3, 0.4) is 0 Å². The van der Waals surface area contributed by atoms with Gasteiger partial charge in [0.2, 0.25) is 0 Å². The van der Waals surface area contributed by atoms with Gasteiger partial charge >= 0.3 is 118 Å². The van der Waals surface area contributed by atoms with Gasteiger partial charge < -0.3 is 0 Å². The predicted molar refractivity (Wildman–Crippen MR) is 81.0 cm³/mol. The van der Waals surface area contributed by atoms with Crippen molar-refractivity contribution in [1.82, 2.24) is 0 Å². The zero-order valence-electron chi connectivity index (χ0n) is 10.3. The van der Waals surface area contributed by atoms with E-state index in [-0.39, 0.29) is 31.5 Å². The van der Waals surface area contributed by atoms with Crippen molar-refractivity contribution in [1.29, 1.82) is 0 Å². The molecule has 2 aromatic rings. The van der Waals surface area contributed by atoms with Crippen LogP contribution in [0.15, 0.2) is 48.5 Å². The van der Waals surface area contributed by atoms with Crippen LogP contribution in [-0.2, 0) is 6.42 Å². The van der Waals surface area contributed by atoms with E-state index in [0.717, 1.165) is 6.42 Å². The molecule has 0 aliphatic rings. The van der Waals surface area contributed by atoms with Crippen molar-refractivity contribution in [2.75, 3.05) is 0 Å². The Kier molecular flexibility index (Phi) is 4.95. The number of hydrogen-bond donors (Lipinski definition) is 0. The molecule has 0 aliphatic carbocycles. The third kappa shape index (κ3) is 3.77. The van der Waals surface area contributed by atoms with Gasteiger partial charge in [-0.25, -0.2) is 0 Å². The average molecular weight is 348 g/mol. The van der Waals surface area contributed by atoms with Crippen molar-refractivity contribution in [2.24, 2.45) is 0 Å². The van der Waals surface area contributed by atoms with Gasteiger partial charge in [0.25, 0.3) is 0 Å². The molecule has 2 heteroatoms. The fourth-order valence-electron chi connectivity index (χ4n) is 1.81. The van der Waals surface area contributed by atoms with Crippen LogP contribution in [-0.4, -0.2) is 31.5 Å². The van der Waals surface area contributed by atoms with Crippen LogP contribution in [0.1, 0.15) is 11.1 Å². The van der Waals surface area contributed by atoms with Crippen molar-refractivity contribution in [3.63, 3.8) is 0 Å². The SMILES string of the molecule is C[AsH]c1ccc(Cc2ccc([AsH]C)cc2)cc1. The summed E-state index contributed by atoms with van der Waals surface area (Å²) in [5.41, 5.74) is 7.49. The van der Waals surface area contributed by atoms with Crippen molar-refractivity contribution >= 4 is 40.2 Å². The van der Waals surface area contributed by atoms with Gasteiger partial charge in [0.15, 0.2) is 0 Å². The van der Waals surface area contributed by atoms with Gasteiger partial charge in [-0.05, 0) is 0 Å². The summed E-state index contributed by atoms with van der Waals surface area (Å²) in [7, 11) is 0. The van der Waals surface area contributed by atoms with Crippen LogP contribution in [0.5, 0.6) is 0 Å². The molecule has 17 heavy (non-hydrogen) atoms. The molecule has 2 rings (SSSR count). The van der Waals surface area contributed by atoms with Crippen LogP contribution in [0.4, 0.5) is 0 Å². The van der Waals surface area contributed by atoms with E-state index in [4.69, 9.17) is 0 Å². The molecule has 0 amide bonds. The Labute approximate surface area is 117 Å². The van der Waals surface area contributed by atoms with E-state index in [9.17, 15) is 0 Å². The Balaban J connectivity index is 2.08. The summed E-state index contributed by atoms with van der Waals surface area (Å²) in [5, 5.41) is 0.